The van der Waals surface area contributed by atoms with Crippen LogP contribution in [-0.2, 0) is 10.0 Å². The molecule has 0 radical (unpaired) electrons. The second-order valence-electron chi connectivity index (χ2n) is 6.72. The van der Waals surface area contributed by atoms with E-state index in [-0.39, 0.29) is 10.8 Å². The summed E-state index contributed by atoms with van der Waals surface area (Å²) < 4.78 is 42.5. The standard InChI is InChI=1S/C23H24N2O6S/c1-25(32(27,28)20-12-9-18(29-2)10-13-20)17-7-5-16(6-8-17)23(26)24-21-14-11-19(30-3)15-22(21)31-4/h5-15H,1-4H3,(H,24,26). The van der Waals surface area contributed by atoms with E-state index in [1.54, 1.807) is 61.7 Å². The molecular formula is C23H24N2O6S. The van der Waals surface area contributed by atoms with Crippen LogP contribution in [0.25, 0.3) is 0 Å². The summed E-state index contributed by atoms with van der Waals surface area (Å²) in [6.45, 7) is 0. The van der Waals surface area contributed by atoms with Crippen LogP contribution in [0, 0.1) is 0 Å². The minimum Gasteiger partial charge on any atom is -0.497 e. The van der Waals surface area contributed by atoms with Crippen molar-refractivity contribution in [1.82, 2.24) is 0 Å². The Morgan fingerprint density at radius 1 is 0.812 bits per heavy atom. The van der Waals surface area contributed by atoms with Crippen molar-refractivity contribution < 1.29 is 27.4 Å². The van der Waals surface area contributed by atoms with Crippen LogP contribution in [-0.4, -0.2) is 42.7 Å². The first-order valence-electron chi connectivity index (χ1n) is 9.56. The summed E-state index contributed by atoms with van der Waals surface area (Å²) in [7, 11) is 2.24. The van der Waals surface area contributed by atoms with Crippen LogP contribution in [0.1, 0.15) is 10.4 Å². The molecule has 0 aliphatic rings. The van der Waals surface area contributed by atoms with Gasteiger partial charge in [0.1, 0.15) is 17.2 Å². The molecule has 0 aliphatic heterocycles. The molecular weight excluding hydrogens is 432 g/mol. The molecule has 0 heterocycles. The molecule has 9 heteroatoms. The summed E-state index contributed by atoms with van der Waals surface area (Å²) in [6, 6.07) is 17.4. The highest BCUT2D eigenvalue weighted by Crippen LogP contribution is 2.30. The van der Waals surface area contributed by atoms with Crippen LogP contribution in [0.5, 0.6) is 17.2 Å². The zero-order chi connectivity index (χ0) is 23.3. The summed E-state index contributed by atoms with van der Waals surface area (Å²) >= 11 is 0. The molecule has 168 valence electrons. The number of benzene rings is 3. The Morgan fingerprint density at radius 2 is 1.41 bits per heavy atom. The number of hydrogen-bond acceptors (Lipinski definition) is 6. The van der Waals surface area contributed by atoms with Gasteiger partial charge < -0.3 is 19.5 Å². The van der Waals surface area contributed by atoms with Gasteiger partial charge in [0.2, 0.25) is 0 Å². The van der Waals surface area contributed by atoms with Gasteiger partial charge >= 0.3 is 0 Å². The van der Waals surface area contributed by atoms with Crippen LogP contribution in [0.3, 0.4) is 0 Å². The topological polar surface area (TPSA) is 94.2 Å². The molecule has 0 saturated carbocycles. The first-order valence-corrected chi connectivity index (χ1v) is 11.0. The van der Waals surface area contributed by atoms with Crippen LogP contribution in [0.4, 0.5) is 11.4 Å². The number of carbonyl (C=O) groups excluding carboxylic acids is 1. The van der Waals surface area contributed by atoms with Crippen LogP contribution in [0.2, 0.25) is 0 Å². The van der Waals surface area contributed by atoms with E-state index in [2.05, 4.69) is 5.32 Å². The van der Waals surface area contributed by atoms with Crippen molar-refractivity contribution in [3.8, 4) is 17.2 Å². The Labute approximate surface area is 187 Å². The number of carbonyl (C=O) groups is 1. The van der Waals surface area contributed by atoms with E-state index in [0.717, 1.165) is 4.31 Å². The maximum absolute atomic E-state index is 12.9. The Morgan fingerprint density at radius 3 is 1.97 bits per heavy atom. The van der Waals surface area contributed by atoms with E-state index in [4.69, 9.17) is 14.2 Å². The fourth-order valence-corrected chi connectivity index (χ4v) is 4.16. The van der Waals surface area contributed by atoms with Gasteiger partial charge in [-0.1, -0.05) is 0 Å². The third-order valence-corrected chi connectivity index (χ3v) is 6.67. The lowest BCUT2D eigenvalue weighted by atomic mass is 10.2. The zero-order valence-electron chi connectivity index (χ0n) is 18.2. The van der Waals surface area contributed by atoms with Crippen LogP contribution < -0.4 is 23.8 Å². The molecule has 32 heavy (non-hydrogen) atoms. The maximum atomic E-state index is 12.9. The minimum atomic E-state index is -3.77. The Bertz CT molecular complexity index is 1190. The van der Waals surface area contributed by atoms with Gasteiger partial charge in [-0.3, -0.25) is 9.10 Å². The highest BCUT2D eigenvalue weighted by molar-refractivity contribution is 7.92. The summed E-state index contributed by atoms with van der Waals surface area (Å²) in [5, 5.41) is 2.78. The van der Waals surface area contributed by atoms with Crippen molar-refractivity contribution in [1.29, 1.82) is 0 Å². The molecule has 3 aromatic carbocycles. The molecule has 8 nitrogen and oxygen atoms in total. The SMILES string of the molecule is COc1ccc(S(=O)(=O)N(C)c2ccc(C(=O)Nc3ccc(OC)cc3OC)cc2)cc1. The van der Waals surface area contributed by atoms with E-state index in [1.165, 1.54) is 33.4 Å². The predicted molar refractivity (Wildman–Crippen MR) is 123 cm³/mol. The van der Waals surface area contributed by atoms with E-state index in [0.29, 0.717) is 34.2 Å². The number of methoxy groups -OCH3 is 3. The first-order chi connectivity index (χ1) is 15.3. The number of nitrogens with zero attached hydrogens (tertiary/aromatic N) is 1. The summed E-state index contributed by atoms with van der Waals surface area (Å²) in [5.41, 5.74) is 1.27. The Kier molecular flexibility index (Phi) is 6.89. The highest BCUT2D eigenvalue weighted by Gasteiger charge is 2.21. The van der Waals surface area contributed by atoms with Gasteiger partial charge in [-0.2, -0.15) is 0 Å². The van der Waals surface area contributed by atoms with Crippen molar-refractivity contribution in [2.45, 2.75) is 4.90 Å². The van der Waals surface area contributed by atoms with Gasteiger partial charge in [-0.15, -0.1) is 0 Å². The molecule has 1 amide bonds. The molecule has 0 unspecified atom stereocenters. The molecule has 3 rings (SSSR count). The normalized spacial score (nSPS) is 10.9. The fraction of sp³-hybridized carbons (Fsp3) is 0.174. The van der Waals surface area contributed by atoms with Gasteiger partial charge in [0.05, 0.1) is 37.6 Å². The van der Waals surface area contributed by atoms with Crippen molar-refractivity contribution in [2.75, 3.05) is 38.0 Å². The number of rotatable bonds is 8. The van der Waals surface area contributed by atoms with E-state index < -0.39 is 10.0 Å². The smallest absolute Gasteiger partial charge is 0.264 e. The lowest BCUT2D eigenvalue weighted by Crippen LogP contribution is -2.26. The number of sulfonamides is 1. The van der Waals surface area contributed by atoms with Crippen molar-refractivity contribution in [2.24, 2.45) is 0 Å². The van der Waals surface area contributed by atoms with Crippen molar-refractivity contribution >= 4 is 27.3 Å². The lowest BCUT2D eigenvalue weighted by molar-refractivity contribution is 0.102. The zero-order valence-corrected chi connectivity index (χ0v) is 19.0. The van der Waals surface area contributed by atoms with Gasteiger partial charge in [-0.05, 0) is 60.7 Å². The lowest BCUT2D eigenvalue weighted by Gasteiger charge is -2.20. The predicted octanol–water partition coefficient (Wildman–Crippen LogP) is 3.79. The largest absolute Gasteiger partial charge is 0.497 e. The molecule has 0 fully saturated rings. The third-order valence-electron chi connectivity index (χ3n) is 4.87. The highest BCUT2D eigenvalue weighted by atomic mass is 32.2. The monoisotopic (exact) mass is 456 g/mol. The second-order valence-corrected chi connectivity index (χ2v) is 8.68. The molecule has 0 atom stereocenters. The second kappa shape index (κ2) is 9.61. The molecule has 0 saturated heterocycles. The number of hydrogen-bond donors (Lipinski definition) is 1. The van der Waals surface area contributed by atoms with Crippen molar-refractivity contribution in [3.63, 3.8) is 0 Å². The number of amides is 1. The molecule has 0 spiro atoms. The van der Waals surface area contributed by atoms with Gasteiger partial charge in [-0.25, -0.2) is 8.42 Å². The molecule has 0 bridgehead atoms. The summed E-state index contributed by atoms with van der Waals surface area (Å²) in [5.74, 6) is 1.26. The van der Waals surface area contributed by atoms with E-state index in [1.807, 2.05) is 0 Å². The average molecular weight is 457 g/mol. The number of nitrogens with one attached hydrogen (secondary N) is 1. The van der Waals surface area contributed by atoms with E-state index >= 15 is 0 Å². The van der Waals surface area contributed by atoms with Crippen LogP contribution >= 0.6 is 0 Å². The molecule has 3 aromatic rings. The maximum Gasteiger partial charge on any atom is 0.264 e. The number of anilines is 2. The van der Waals surface area contributed by atoms with Crippen molar-refractivity contribution in [3.05, 3.63) is 72.3 Å². The Balaban J connectivity index is 1.77. The molecule has 0 aromatic heterocycles. The fourth-order valence-electron chi connectivity index (χ4n) is 2.96. The van der Waals surface area contributed by atoms with E-state index in [9.17, 15) is 13.2 Å². The van der Waals surface area contributed by atoms with Gasteiger partial charge in [0.15, 0.2) is 0 Å². The quantitative estimate of drug-likeness (QED) is 0.554. The molecule has 1 N–H and O–H groups in total. The average Bonchev–Trinajstić information content (AvgIpc) is 2.83. The summed E-state index contributed by atoms with van der Waals surface area (Å²) in [4.78, 5) is 12.8. The van der Waals surface area contributed by atoms with Gasteiger partial charge in [0.25, 0.3) is 15.9 Å². The summed E-state index contributed by atoms with van der Waals surface area (Å²) in [6.07, 6.45) is 0. The first kappa shape index (κ1) is 23.0. The number of ether oxygens (including phenoxy) is 3. The van der Waals surface area contributed by atoms with Gasteiger partial charge in [0, 0.05) is 18.7 Å². The minimum absolute atomic E-state index is 0.134. The Hall–Kier alpha value is -3.72. The molecule has 0 aliphatic carbocycles. The van der Waals surface area contributed by atoms with Crippen LogP contribution in [0.15, 0.2) is 71.6 Å². The third kappa shape index (κ3) is 4.78.